The molecule has 7 nitrogen and oxygen atoms in total. The SMILES string of the molecule is CC(C)COC(=O)Nc1ccc(N2CCC[C@]3(CCN(C4CCOCC4)C3=O)C2)c(F)c1. The molecule has 32 heavy (non-hydrogen) atoms. The Kier molecular flexibility index (Phi) is 6.88. The second-order valence-corrected chi connectivity index (χ2v) is 9.68. The molecular weight excluding hydrogens is 413 g/mol. The Hall–Kier alpha value is -2.35. The lowest BCUT2D eigenvalue weighted by atomic mass is 9.78. The summed E-state index contributed by atoms with van der Waals surface area (Å²) < 4.78 is 25.5. The van der Waals surface area contributed by atoms with Gasteiger partial charge < -0.3 is 19.3 Å². The van der Waals surface area contributed by atoms with E-state index in [1.165, 1.54) is 6.07 Å². The number of halogens is 1. The predicted octanol–water partition coefficient (Wildman–Crippen LogP) is 4.03. The van der Waals surface area contributed by atoms with Gasteiger partial charge in [0.25, 0.3) is 0 Å². The molecule has 176 valence electrons. The largest absolute Gasteiger partial charge is 0.449 e. The minimum atomic E-state index is -0.590. The van der Waals surface area contributed by atoms with Crippen molar-refractivity contribution in [2.24, 2.45) is 11.3 Å². The van der Waals surface area contributed by atoms with Gasteiger partial charge in [-0.15, -0.1) is 0 Å². The van der Waals surface area contributed by atoms with Crippen molar-refractivity contribution in [2.75, 3.05) is 49.7 Å². The van der Waals surface area contributed by atoms with Crippen LogP contribution in [0.5, 0.6) is 0 Å². The monoisotopic (exact) mass is 447 g/mol. The minimum Gasteiger partial charge on any atom is -0.449 e. The zero-order valence-electron chi connectivity index (χ0n) is 19.1. The van der Waals surface area contributed by atoms with Gasteiger partial charge in [0.05, 0.1) is 17.7 Å². The highest BCUT2D eigenvalue weighted by molar-refractivity contribution is 5.87. The number of rotatable bonds is 5. The van der Waals surface area contributed by atoms with Crippen LogP contribution in [0.2, 0.25) is 0 Å². The molecule has 0 unspecified atom stereocenters. The van der Waals surface area contributed by atoms with Crippen LogP contribution in [-0.4, -0.2) is 62.4 Å². The molecular formula is C24H34FN3O4. The molecule has 0 saturated carbocycles. The number of hydrogen-bond acceptors (Lipinski definition) is 5. The number of piperidine rings is 1. The third-order valence-corrected chi connectivity index (χ3v) is 6.84. The zero-order chi connectivity index (χ0) is 22.7. The Balaban J connectivity index is 1.42. The van der Waals surface area contributed by atoms with Crippen LogP contribution in [-0.2, 0) is 14.3 Å². The second kappa shape index (κ2) is 9.65. The average Bonchev–Trinajstić information content (AvgIpc) is 3.08. The van der Waals surface area contributed by atoms with E-state index in [9.17, 15) is 14.0 Å². The van der Waals surface area contributed by atoms with Crippen LogP contribution in [0.3, 0.4) is 0 Å². The molecule has 3 aliphatic rings. The number of nitrogens with zero attached hydrogens (tertiary/aromatic N) is 2. The van der Waals surface area contributed by atoms with Gasteiger partial charge in [0.15, 0.2) is 0 Å². The number of nitrogens with one attached hydrogen (secondary N) is 1. The van der Waals surface area contributed by atoms with E-state index in [-0.39, 0.29) is 17.9 Å². The van der Waals surface area contributed by atoms with E-state index >= 15 is 0 Å². The van der Waals surface area contributed by atoms with Crippen LogP contribution in [0.25, 0.3) is 0 Å². The number of likely N-dealkylation sites (tertiary alicyclic amines) is 1. The molecule has 3 heterocycles. The molecule has 3 fully saturated rings. The summed E-state index contributed by atoms with van der Waals surface area (Å²) in [6.45, 7) is 7.66. The van der Waals surface area contributed by atoms with Gasteiger partial charge in [-0.2, -0.15) is 0 Å². The Labute approximate surface area is 189 Å². The van der Waals surface area contributed by atoms with E-state index in [2.05, 4.69) is 10.2 Å². The van der Waals surface area contributed by atoms with Crippen molar-refractivity contribution in [3.8, 4) is 0 Å². The van der Waals surface area contributed by atoms with E-state index in [1.54, 1.807) is 12.1 Å². The Morgan fingerprint density at radius 2 is 2.06 bits per heavy atom. The van der Waals surface area contributed by atoms with Crippen LogP contribution in [0.15, 0.2) is 18.2 Å². The number of amides is 2. The van der Waals surface area contributed by atoms with Crippen molar-refractivity contribution in [2.45, 2.75) is 52.0 Å². The summed E-state index contributed by atoms with van der Waals surface area (Å²) in [7, 11) is 0. The van der Waals surface area contributed by atoms with Crippen molar-refractivity contribution < 1.29 is 23.5 Å². The molecule has 0 aromatic heterocycles. The standard InChI is InChI=1S/C24H34FN3O4/c1-17(2)15-32-23(30)26-18-4-5-21(20(25)14-18)27-10-3-8-24(16-27)9-11-28(22(24)29)19-6-12-31-13-7-19/h4-5,14,17,19H,3,6-13,15-16H2,1-2H3,(H,26,30)/t24-/m0/s1. The van der Waals surface area contributed by atoms with Gasteiger partial charge in [-0.1, -0.05) is 13.8 Å². The van der Waals surface area contributed by atoms with Crippen molar-refractivity contribution in [3.05, 3.63) is 24.0 Å². The molecule has 1 N–H and O–H groups in total. The third-order valence-electron chi connectivity index (χ3n) is 6.84. The molecule has 3 saturated heterocycles. The Bertz CT molecular complexity index is 843. The fourth-order valence-electron chi connectivity index (χ4n) is 5.15. The molecule has 0 radical (unpaired) electrons. The molecule has 4 rings (SSSR count). The van der Waals surface area contributed by atoms with Gasteiger partial charge in [-0.3, -0.25) is 10.1 Å². The average molecular weight is 448 g/mol. The van der Waals surface area contributed by atoms with Crippen LogP contribution >= 0.6 is 0 Å². The van der Waals surface area contributed by atoms with E-state index in [0.717, 1.165) is 38.6 Å². The maximum Gasteiger partial charge on any atom is 0.411 e. The normalized spacial score (nSPS) is 24.4. The first kappa shape index (κ1) is 22.8. The lowest BCUT2D eigenvalue weighted by Gasteiger charge is -2.41. The second-order valence-electron chi connectivity index (χ2n) is 9.68. The van der Waals surface area contributed by atoms with E-state index in [1.807, 2.05) is 18.7 Å². The number of benzene rings is 1. The smallest absolute Gasteiger partial charge is 0.411 e. The molecule has 2 amide bonds. The Morgan fingerprint density at radius 1 is 1.28 bits per heavy atom. The predicted molar refractivity (Wildman–Crippen MR) is 120 cm³/mol. The number of carbonyl (C=O) groups excluding carboxylic acids is 2. The van der Waals surface area contributed by atoms with Gasteiger partial charge in [0.2, 0.25) is 5.91 Å². The van der Waals surface area contributed by atoms with E-state index < -0.39 is 17.3 Å². The highest BCUT2D eigenvalue weighted by Crippen LogP contribution is 2.43. The summed E-state index contributed by atoms with van der Waals surface area (Å²) >= 11 is 0. The number of carbonyl (C=O) groups is 2. The first-order valence-corrected chi connectivity index (χ1v) is 11.7. The number of ether oxygens (including phenoxy) is 2. The molecule has 1 aromatic carbocycles. The van der Waals surface area contributed by atoms with Gasteiger partial charge in [-0.05, 0) is 56.2 Å². The minimum absolute atomic E-state index is 0.223. The fraction of sp³-hybridized carbons (Fsp3) is 0.667. The van der Waals surface area contributed by atoms with E-state index in [4.69, 9.17) is 9.47 Å². The summed E-state index contributed by atoms with van der Waals surface area (Å²) in [6.07, 6.45) is 3.73. The summed E-state index contributed by atoms with van der Waals surface area (Å²) in [4.78, 5) is 29.3. The maximum absolute atomic E-state index is 15.0. The van der Waals surface area contributed by atoms with Crippen molar-refractivity contribution in [1.29, 1.82) is 0 Å². The summed E-state index contributed by atoms with van der Waals surface area (Å²) in [6, 6.07) is 4.95. The molecule has 8 heteroatoms. The van der Waals surface area contributed by atoms with Crippen molar-refractivity contribution in [1.82, 2.24) is 4.90 Å². The van der Waals surface area contributed by atoms with Gasteiger partial charge in [-0.25, -0.2) is 9.18 Å². The summed E-state index contributed by atoms with van der Waals surface area (Å²) in [5, 5.41) is 2.58. The molecule has 1 aromatic rings. The fourth-order valence-corrected chi connectivity index (χ4v) is 5.15. The first-order valence-electron chi connectivity index (χ1n) is 11.7. The van der Waals surface area contributed by atoms with Crippen LogP contribution in [0.1, 0.15) is 46.0 Å². The summed E-state index contributed by atoms with van der Waals surface area (Å²) in [5.74, 6) is 0.0445. The quantitative estimate of drug-likeness (QED) is 0.738. The van der Waals surface area contributed by atoms with Gasteiger partial charge in [0, 0.05) is 44.6 Å². The Morgan fingerprint density at radius 3 is 2.78 bits per heavy atom. The lowest BCUT2D eigenvalue weighted by Crippen LogP contribution is -2.50. The van der Waals surface area contributed by atoms with Crippen LogP contribution < -0.4 is 10.2 Å². The first-order chi connectivity index (χ1) is 15.4. The number of anilines is 2. The van der Waals surface area contributed by atoms with Gasteiger partial charge >= 0.3 is 6.09 Å². The summed E-state index contributed by atoms with van der Waals surface area (Å²) in [5.41, 5.74) is 0.400. The maximum atomic E-state index is 15.0. The molecule has 0 bridgehead atoms. The van der Waals surface area contributed by atoms with Crippen LogP contribution in [0, 0.1) is 17.2 Å². The van der Waals surface area contributed by atoms with E-state index in [0.29, 0.717) is 44.3 Å². The lowest BCUT2D eigenvalue weighted by molar-refractivity contribution is -0.139. The molecule has 1 spiro atoms. The van der Waals surface area contributed by atoms with Crippen LogP contribution in [0.4, 0.5) is 20.6 Å². The molecule has 0 aliphatic carbocycles. The number of hydrogen-bond donors (Lipinski definition) is 1. The van der Waals surface area contributed by atoms with Crippen molar-refractivity contribution >= 4 is 23.4 Å². The van der Waals surface area contributed by atoms with Crippen molar-refractivity contribution in [3.63, 3.8) is 0 Å². The highest BCUT2D eigenvalue weighted by atomic mass is 19.1. The molecule has 3 aliphatic heterocycles. The highest BCUT2D eigenvalue weighted by Gasteiger charge is 2.50. The van der Waals surface area contributed by atoms with Gasteiger partial charge in [0.1, 0.15) is 5.82 Å². The third kappa shape index (κ3) is 4.85. The zero-order valence-corrected chi connectivity index (χ0v) is 19.1. The topological polar surface area (TPSA) is 71.1 Å². The molecule has 1 atom stereocenters.